The Morgan fingerprint density at radius 1 is 1.50 bits per heavy atom. The topological polar surface area (TPSA) is 42.2 Å². The molecule has 3 nitrogen and oxygen atoms in total. The van der Waals surface area contributed by atoms with Gasteiger partial charge in [-0.15, -0.1) is 11.3 Å². The van der Waals surface area contributed by atoms with E-state index in [9.17, 15) is 4.39 Å². The summed E-state index contributed by atoms with van der Waals surface area (Å²) in [6, 6.07) is 4.72. The van der Waals surface area contributed by atoms with Crippen molar-refractivity contribution in [2.75, 3.05) is 13.6 Å². The molecule has 6 heteroatoms. The van der Waals surface area contributed by atoms with Crippen LogP contribution in [0.15, 0.2) is 23.6 Å². The first kappa shape index (κ1) is 15.4. The summed E-state index contributed by atoms with van der Waals surface area (Å²) in [5.74, 6) is -0.413. The molecule has 1 heterocycles. The van der Waals surface area contributed by atoms with E-state index in [4.69, 9.17) is 17.3 Å². The minimum atomic E-state index is -0.413. The molecule has 20 heavy (non-hydrogen) atoms. The molecule has 2 N–H and O–H groups in total. The molecule has 0 saturated heterocycles. The lowest BCUT2D eigenvalue weighted by molar-refractivity contribution is 0.239. The second-order valence-electron chi connectivity index (χ2n) is 4.70. The van der Waals surface area contributed by atoms with Gasteiger partial charge in [-0.2, -0.15) is 0 Å². The minimum Gasteiger partial charge on any atom is -0.329 e. The van der Waals surface area contributed by atoms with Crippen molar-refractivity contribution in [3.63, 3.8) is 0 Å². The highest BCUT2D eigenvalue weighted by Crippen LogP contribution is 2.25. The number of benzene rings is 1. The predicted octanol–water partition coefficient (Wildman–Crippen LogP) is 3.38. The van der Waals surface area contributed by atoms with Crippen LogP contribution in [0, 0.1) is 12.7 Å². The van der Waals surface area contributed by atoms with Crippen molar-refractivity contribution in [3.05, 3.63) is 50.7 Å². The SMILES string of the molecule is Cc1nc(CN(C)C(CN)c2ccc(F)c(Cl)c2)cs1. The van der Waals surface area contributed by atoms with Crippen molar-refractivity contribution >= 4 is 22.9 Å². The summed E-state index contributed by atoms with van der Waals surface area (Å²) in [7, 11) is 1.98. The quantitative estimate of drug-likeness (QED) is 0.920. The van der Waals surface area contributed by atoms with Crippen LogP contribution in [-0.4, -0.2) is 23.5 Å². The summed E-state index contributed by atoms with van der Waals surface area (Å²) in [5, 5.41) is 3.21. The van der Waals surface area contributed by atoms with Crippen LogP contribution < -0.4 is 5.73 Å². The number of nitrogens with zero attached hydrogens (tertiary/aromatic N) is 2. The molecule has 1 atom stereocenters. The summed E-state index contributed by atoms with van der Waals surface area (Å²) in [6.45, 7) is 3.11. The van der Waals surface area contributed by atoms with Gasteiger partial charge in [0.05, 0.1) is 15.7 Å². The molecule has 1 unspecified atom stereocenters. The Kier molecular flexibility index (Phi) is 5.10. The number of rotatable bonds is 5. The highest BCUT2D eigenvalue weighted by atomic mass is 35.5. The molecular formula is C14H17ClFN3S. The Labute approximate surface area is 127 Å². The molecule has 0 amide bonds. The van der Waals surface area contributed by atoms with Gasteiger partial charge in [-0.25, -0.2) is 9.37 Å². The van der Waals surface area contributed by atoms with Crippen LogP contribution >= 0.6 is 22.9 Å². The lowest BCUT2D eigenvalue weighted by Gasteiger charge is -2.26. The number of aryl methyl sites for hydroxylation is 1. The van der Waals surface area contributed by atoms with Crippen LogP contribution in [-0.2, 0) is 6.54 Å². The fraction of sp³-hybridized carbons (Fsp3) is 0.357. The van der Waals surface area contributed by atoms with E-state index in [0.717, 1.165) is 16.3 Å². The van der Waals surface area contributed by atoms with Crippen molar-refractivity contribution in [1.29, 1.82) is 0 Å². The van der Waals surface area contributed by atoms with Gasteiger partial charge in [0, 0.05) is 24.5 Å². The summed E-state index contributed by atoms with van der Waals surface area (Å²) in [4.78, 5) is 6.54. The highest BCUT2D eigenvalue weighted by Gasteiger charge is 2.17. The van der Waals surface area contributed by atoms with E-state index in [1.807, 2.05) is 19.4 Å². The number of thiazole rings is 1. The van der Waals surface area contributed by atoms with Crippen molar-refractivity contribution in [2.24, 2.45) is 5.73 Å². The molecule has 0 saturated carbocycles. The molecule has 0 aliphatic carbocycles. The third-order valence-corrected chi connectivity index (χ3v) is 4.27. The number of hydrogen-bond acceptors (Lipinski definition) is 4. The first-order valence-corrected chi connectivity index (χ1v) is 7.53. The molecule has 0 spiro atoms. The molecule has 0 aliphatic rings. The molecule has 2 aromatic rings. The van der Waals surface area contributed by atoms with Crippen LogP contribution in [0.2, 0.25) is 5.02 Å². The Bertz CT molecular complexity index is 588. The lowest BCUT2D eigenvalue weighted by Crippen LogP contribution is -2.30. The van der Waals surface area contributed by atoms with Gasteiger partial charge in [0.25, 0.3) is 0 Å². The molecular weight excluding hydrogens is 297 g/mol. The van der Waals surface area contributed by atoms with Crippen molar-refractivity contribution in [2.45, 2.75) is 19.5 Å². The van der Waals surface area contributed by atoms with E-state index < -0.39 is 5.82 Å². The molecule has 1 aromatic heterocycles. The van der Waals surface area contributed by atoms with Gasteiger partial charge < -0.3 is 5.73 Å². The Morgan fingerprint density at radius 3 is 2.80 bits per heavy atom. The van der Waals surface area contributed by atoms with Gasteiger partial charge in [-0.1, -0.05) is 17.7 Å². The standard InChI is InChI=1S/C14H17ClFN3S/c1-9-18-11(8-20-9)7-19(2)14(6-17)10-3-4-13(16)12(15)5-10/h3-5,8,14H,6-7,17H2,1-2H3. The third-order valence-electron chi connectivity index (χ3n) is 3.16. The monoisotopic (exact) mass is 313 g/mol. The lowest BCUT2D eigenvalue weighted by atomic mass is 10.1. The van der Waals surface area contributed by atoms with Gasteiger partial charge in [0.1, 0.15) is 5.82 Å². The second-order valence-corrected chi connectivity index (χ2v) is 6.17. The van der Waals surface area contributed by atoms with Crippen LogP contribution in [0.25, 0.3) is 0 Å². The second kappa shape index (κ2) is 6.63. The zero-order valence-corrected chi connectivity index (χ0v) is 13.0. The van der Waals surface area contributed by atoms with Crippen molar-refractivity contribution in [1.82, 2.24) is 9.88 Å². The molecule has 0 bridgehead atoms. The van der Waals surface area contributed by atoms with E-state index in [1.165, 1.54) is 6.07 Å². The number of nitrogens with two attached hydrogens (primary N) is 1. The van der Waals surface area contributed by atoms with Gasteiger partial charge in [-0.05, 0) is 31.7 Å². The van der Waals surface area contributed by atoms with Crippen LogP contribution in [0.3, 0.4) is 0 Å². The highest BCUT2D eigenvalue weighted by molar-refractivity contribution is 7.09. The molecule has 0 fully saturated rings. The normalized spacial score (nSPS) is 12.9. The van der Waals surface area contributed by atoms with Crippen molar-refractivity contribution in [3.8, 4) is 0 Å². The fourth-order valence-corrected chi connectivity index (χ4v) is 2.93. The van der Waals surface area contributed by atoms with E-state index in [2.05, 4.69) is 9.88 Å². The zero-order chi connectivity index (χ0) is 14.7. The number of hydrogen-bond donors (Lipinski definition) is 1. The van der Waals surface area contributed by atoms with Gasteiger partial charge in [-0.3, -0.25) is 4.90 Å². The number of aromatic nitrogens is 1. The smallest absolute Gasteiger partial charge is 0.141 e. The van der Waals surface area contributed by atoms with E-state index in [-0.39, 0.29) is 11.1 Å². The van der Waals surface area contributed by atoms with Gasteiger partial charge in [0.15, 0.2) is 0 Å². The third kappa shape index (κ3) is 3.55. The van der Waals surface area contributed by atoms with Crippen LogP contribution in [0.5, 0.6) is 0 Å². The average Bonchev–Trinajstić information content (AvgIpc) is 2.80. The van der Waals surface area contributed by atoms with Crippen LogP contribution in [0.4, 0.5) is 4.39 Å². The minimum absolute atomic E-state index is 0.0184. The molecule has 1 aromatic carbocycles. The Balaban J connectivity index is 2.16. The number of halogens is 2. The average molecular weight is 314 g/mol. The number of likely N-dealkylation sites (N-methyl/N-ethyl adjacent to an activating group) is 1. The molecule has 2 rings (SSSR count). The van der Waals surface area contributed by atoms with Gasteiger partial charge >= 0.3 is 0 Å². The molecule has 108 valence electrons. The summed E-state index contributed by atoms with van der Waals surface area (Å²) < 4.78 is 13.2. The maximum absolute atomic E-state index is 13.2. The molecule has 0 radical (unpaired) electrons. The molecule has 0 aliphatic heterocycles. The first-order valence-electron chi connectivity index (χ1n) is 6.27. The largest absolute Gasteiger partial charge is 0.329 e. The zero-order valence-electron chi connectivity index (χ0n) is 11.4. The van der Waals surface area contributed by atoms with Crippen molar-refractivity contribution < 1.29 is 4.39 Å². The predicted molar refractivity (Wildman–Crippen MR) is 81.5 cm³/mol. The van der Waals surface area contributed by atoms with E-state index >= 15 is 0 Å². The Hall–Kier alpha value is -1.01. The fourth-order valence-electron chi connectivity index (χ4n) is 2.14. The summed E-state index contributed by atoms with van der Waals surface area (Å²) >= 11 is 7.46. The first-order chi connectivity index (χ1) is 9.51. The van der Waals surface area contributed by atoms with Gasteiger partial charge in [0.2, 0.25) is 0 Å². The maximum atomic E-state index is 13.2. The van der Waals surface area contributed by atoms with E-state index in [0.29, 0.717) is 13.1 Å². The maximum Gasteiger partial charge on any atom is 0.141 e. The van der Waals surface area contributed by atoms with E-state index in [1.54, 1.807) is 23.5 Å². The summed E-state index contributed by atoms with van der Waals surface area (Å²) in [6.07, 6.45) is 0. The Morgan fingerprint density at radius 2 is 2.25 bits per heavy atom. The summed E-state index contributed by atoms with van der Waals surface area (Å²) in [5.41, 5.74) is 7.78. The van der Waals surface area contributed by atoms with Crippen LogP contribution in [0.1, 0.15) is 22.3 Å².